The molecule has 634 valence electrons. The molecule has 0 fully saturated rings. The SMILES string of the molecule is O=P1(c2ccccc2)c2c(ccc3ccccc23)-c2ccc3c(c21)c1ccccc1n3-c1ccc(-c2ccccc2)cc1.O=P1(c2ccccc2)c2cc3ccccc3cc2-c2ccc3c(c21)c1ccccc1n3-c1cc(-c2ccccc2)cc(-c2ccccc2)c1.O=P1(c2ccccc2)c2cc3ccccc3cc2-c2ccc3c(c21)c1ccccc1n3-c1cccc(-c2ccccc2)c1. The van der Waals surface area contributed by atoms with Gasteiger partial charge in [0, 0.05) is 97.1 Å². The number of nitrogens with zero attached hydrogens (tertiary/aromatic N) is 3. The monoisotopic (exact) mass is 1780 g/mol. The van der Waals surface area contributed by atoms with Gasteiger partial charge in [-0.2, -0.15) is 0 Å². The van der Waals surface area contributed by atoms with E-state index in [0.29, 0.717) is 0 Å². The second-order valence-corrected chi connectivity index (χ2v) is 43.4. The number of hydrogen-bond donors (Lipinski definition) is 0. The molecule has 0 saturated carbocycles. The highest BCUT2D eigenvalue weighted by Gasteiger charge is 2.47. The average Bonchev–Trinajstić information content (AvgIpc) is 1.53. The van der Waals surface area contributed by atoms with Crippen LogP contribution in [0.2, 0.25) is 0 Å². The Morgan fingerprint density at radius 3 is 0.889 bits per heavy atom. The van der Waals surface area contributed by atoms with E-state index < -0.39 is 21.4 Å². The maximum absolute atomic E-state index is 16.2. The van der Waals surface area contributed by atoms with Gasteiger partial charge < -0.3 is 27.4 Å². The molecule has 135 heavy (non-hydrogen) atoms. The number of aromatic nitrogens is 3. The number of hydrogen-bond acceptors (Lipinski definition) is 3. The first kappa shape index (κ1) is 79.6. The summed E-state index contributed by atoms with van der Waals surface area (Å²) in [7, 11) is -9.71. The summed E-state index contributed by atoms with van der Waals surface area (Å²) in [5.74, 6) is 0. The summed E-state index contributed by atoms with van der Waals surface area (Å²) in [6, 6.07) is 174. The molecular weight excluding hydrogens is 1700 g/mol. The highest BCUT2D eigenvalue weighted by Crippen LogP contribution is 2.60. The van der Waals surface area contributed by atoms with Gasteiger partial charge in [-0.15, -0.1) is 0 Å². The van der Waals surface area contributed by atoms with Gasteiger partial charge in [0.1, 0.15) is 0 Å². The molecule has 3 unspecified atom stereocenters. The predicted octanol–water partition coefficient (Wildman–Crippen LogP) is 29.3. The summed E-state index contributed by atoms with van der Waals surface area (Å²) in [4.78, 5) is 0. The minimum Gasteiger partial charge on any atom is -0.309 e. The smallest absolute Gasteiger partial charge is 0.173 e. The third-order valence-corrected chi connectivity index (χ3v) is 37.6. The van der Waals surface area contributed by atoms with Crippen LogP contribution in [0, 0.1) is 0 Å². The largest absolute Gasteiger partial charge is 0.309 e. The van der Waals surface area contributed by atoms with Gasteiger partial charge in [0.15, 0.2) is 21.4 Å². The molecule has 3 aliphatic rings. The lowest BCUT2D eigenvalue weighted by Crippen LogP contribution is -2.22. The standard InChI is InChI=1S/C46H30NOP.2C40H26NOP/c48-49(38-20-8-3-9-21-38)44-30-34-19-11-10-18-33(34)29-41(44)39-24-25-43-45(46(39)49)40-22-12-13-23-42(40)47(43)37-27-35(31-14-4-1-5-15-31)26-36(28-37)32-16-6-2-7-17-32;42-43(32-18-5-2-6-19-32)38-26-30-15-8-7-14-29(30)25-35(38)33-22-23-37-39(40(33)43)34-20-9-10-21-36(34)41(37)31-17-11-16-28(24-31)27-12-3-1-4-13-27;42-43(31-14-5-2-6-15-31)39-32-16-8-7-13-29(32)21-24-33(39)34-25-26-37-38(40(34)43)35-17-9-10-18-36(35)41(37)30-22-19-28(20-23-30)27-11-3-1-4-12-27/h1-30H;2*1-26H. The predicted molar refractivity (Wildman–Crippen MR) is 572 cm³/mol. The molecule has 0 aliphatic carbocycles. The van der Waals surface area contributed by atoms with E-state index in [9.17, 15) is 0 Å². The Kier molecular flexibility index (Phi) is 18.7. The van der Waals surface area contributed by atoms with Crippen LogP contribution in [0.25, 0.3) is 193 Å². The van der Waals surface area contributed by atoms with E-state index >= 15 is 13.7 Å². The van der Waals surface area contributed by atoms with Crippen molar-refractivity contribution >= 4 is 167 Å². The molecule has 6 heterocycles. The van der Waals surface area contributed by atoms with Crippen LogP contribution in [-0.4, -0.2) is 13.7 Å². The van der Waals surface area contributed by atoms with E-state index in [0.717, 1.165) is 207 Å². The lowest BCUT2D eigenvalue weighted by Gasteiger charge is -2.18. The van der Waals surface area contributed by atoms with Gasteiger partial charge in [0.25, 0.3) is 0 Å². The Morgan fingerprint density at radius 2 is 0.452 bits per heavy atom. The molecule has 0 amide bonds. The number of fused-ring (bicyclic) bond motifs is 25. The minimum absolute atomic E-state index is 0.868. The molecule has 3 aromatic heterocycles. The van der Waals surface area contributed by atoms with Gasteiger partial charge in [-0.25, -0.2) is 0 Å². The van der Waals surface area contributed by atoms with Crippen LogP contribution in [0.15, 0.2) is 497 Å². The third kappa shape index (κ3) is 12.5. The van der Waals surface area contributed by atoms with Gasteiger partial charge in [-0.05, 0) is 213 Å². The molecule has 25 aromatic rings. The quantitative estimate of drug-likeness (QED) is 0.128. The van der Waals surface area contributed by atoms with Crippen molar-refractivity contribution in [1.82, 2.24) is 13.7 Å². The van der Waals surface area contributed by atoms with Crippen molar-refractivity contribution < 1.29 is 13.7 Å². The summed E-state index contributed by atoms with van der Waals surface area (Å²) in [6.45, 7) is 0. The average molecular weight is 1780 g/mol. The fourth-order valence-electron chi connectivity index (χ4n) is 22.1. The van der Waals surface area contributed by atoms with Crippen molar-refractivity contribution in [2.24, 2.45) is 0 Å². The molecule has 0 spiro atoms. The van der Waals surface area contributed by atoms with Crippen LogP contribution in [0.5, 0.6) is 0 Å². The molecule has 0 saturated heterocycles. The Labute approximate surface area is 781 Å². The summed E-state index contributed by atoms with van der Waals surface area (Å²) >= 11 is 0. The molecule has 0 N–H and O–H groups in total. The number of benzene rings is 22. The van der Waals surface area contributed by atoms with Crippen LogP contribution in [-0.2, 0) is 13.7 Å². The molecule has 0 radical (unpaired) electrons. The first-order valence-corrected chi connectivity index (χ1v) is 51.1. The van der Waals surface area contributed by atoms with Crippen molar-refractivity contribution in [2.45, 2.75) is 0 Å². The Balaban J connectivity index is 0.000000106. The van der Waals surface area contributed by atoms with Gasteiger partial charge >= 0.3 is 0 Å². The second-order valence-electron chi connectivity index (χ2n) is 35.4. The Morgan fingerprint density at radius 1 is 0.156 bits per heavy atom. The van der Waals surface area contributed by atoms with E-state index in [1.807, 2.05) is 103 Å². The highest BCUT2D eigenvalue weighted by molar-refractivity contribution is 7.88. The first-order chi connectivity index (χ1) is 66.6. The van der Waals surface area contributed by atoms with Gasteiger partial charge in [-0.3, -0.25) is 0 Å². The number of para-hydroxylation sites is 3. The Bertz CT molecular complexity index is 9260. The molecule has 3 atom stereocenters. The summed E-state index contributed by atoms with van der Waals surface area (Å²) in [5, 5.41) is 21.6. The third-order valence-electron chi connectivity index (χ3n) is 28.1. The van der Waals surface area contributed by atoms with Gasteiger partial charge in [0.05, 0.1) is 33.1 Å². The molecule has 28 rings (SSSR count). The molecule has 3 aliphatic heterocycles. The second kappa shape index (κ2) is 31.8. The van der Waals surface area contributed by atoms with Crippen molar-refractivity contribution in [3.05, 3.63) is 497 Å². The summed E-state index contributed by atoms with van der Waals surface area (Å²) < 4.78 is 55.2. The molecule has 22 aromatic carbocycles. The maximum Gasteiger partial charge on any atom is 0.173 e. The van der Waals surface area contributed by atoms with Crippen molar-refractivity contribution in [2.75, 3.05) is 0 Å². The van der Waals surface area contributed by atoms with Crippen LogP contribution in [0.4, 0.5) is 0 Å². The summed E-state index contributed by atoms with van der Waals surface area (Å²) in [5.41, 5.74) is 25.5. The zero-order valence-corrected chi connectivity index (χ0v) is 75.9. The van der Waals surface area contributed by atoms with Crippen LogP contribution in [0.1, 0.15) is 0 Å². The van der Waals surface area contributed by atoms with Crippen LogP contribution >= 0.6 is 21.4 Å². The first-order valence-electron chi connectivity index (χ1n) is 46.0. The normalized spacial score (nSPS) is 15.4. The van der Waals surface area contributed by atoms with Gasteiger partial charge in [-0.1, -0.05) is 394 Å². The van der Waals surface area contributed by atoms with E-state index in [1.165, 1.54) is 33.4 Å². The molecule has 0 bridgehead atoms. The minimum atomic E-state index is -3.26. The van der Waals surface area contributed by atoms with Crippen molar-refractivity contribution in [1.29, 1.82) is 0 Å². The Hall–Kier alpha value is -16.3. The van der Waals surface area contributed by atoms with Crippen LogP contribution in [0.3, 0.4) is 0 Å². The van der Waals surface area contributed by atoms with E-state index in [1.54, 1.807) is 0 Å². The van der Waals surface area contributed by atoms with Crippen molar-refractivity contribution in [3.63, 3.8) is 0 Å². The zero-order chi connectivity index (χ0) is 89.6. The van der Waals surface area contributed by atoms with E-state index in [2.05, 4.69) is 408 Å². The fourth-order valence-corrected chi connectivity index (χ4v) is 32.2. The van der Waals surface area contributed by atoms with Crippen LogP contribution < -0.4 is 47.7 Å². The fraction of sp³-hybridized carbons (Fsp3) is 0. The zero-order valence-electron chi connectivity index (χ0n) is 73.3. The maximum atomic E-state index is 16.2. The van der Waals surface area contributed by atoms with Gasteiger partial charge in [0.2, 0.25) is 0 Å². The molecule has 6 nitrogen and oxygen atoms in total. The van der Waals surface area contributed by atoms with E-state index in [-0.39, 0.29) is 0 Å². The lowest BCUT2D eigenvalue weighted by atomic mass is 9.98. The number of rotatable bonds is 10. The summed E-state index contributed by atoms with van der Waals surface area (Å²) in [6.07, 6.45) is 0. The van der Waals surface area contributed by atoms with E-state index in [4.69, 9.17) is 0 Å². The highest BCUT2D eigenvalue weighted by atomic mass is 31.2. The lowest BCUT2D eigenvalue weighted by molar-refractivity contribution is 0.592. The molecule has 9 heteroatoms. The van der Waals surface area contributed by atoms with Crippen molar-refractivity contribution in [3.8, 4) is 95.0 Å². The topological polar surface area (TPSA) is 66.0 Å². The molecular formula is C126H82N3O3P3.